The maximum atomic E-state index is 11.7. The molecule has 0 aliphatic heterocycles. The van der Waals surface area contributed by atoms with Gasteiger partial charge < -0.3 is 10.0 Å². The van der Waals surface area contributed by atoms with Crippen molar-refractivity contribution in [3.05, 3.63) is 0 Å². The Morgan fingerprint density at radius 3 is 2.38 bits per heavy atom. The summed E-state index contributed by atoms with van der Waals surface area (Å²) in [5.74, 6) is 0.00667. The summed E-state index contributed by atoms with van der Waals surface area (Å²) in [5.41, 5.74) is -4.15. The summed E-state index contributed by atoms with van der Waals surface area (Å²) in [5, 5.41) is 8.91. The zero-order valence-electron chi connectivity index (χ0n) is 7.64. The smallest absolute Gasteiger partial charge is 0.392 e. The van der Waals surface area contributed by atoms with E-state index in [-0.39, 0.29) is 17.5 Å². The third-order valence-electron chi connectivity index (χ3n) is 1.31. The maximum absolute atomic E-state index is 11.7. The molecule has 2 nitrogen and oxygen atoms in total. The average molecular weight is 217 g/mol. The molecular weight excluding hydrogens is 203 g/mol. The lowest BCUT2D eigenvalue weighted by Crippen LogP contribution is -2.29. The summed E-state index contributed by atoms with van der Waals surface area (Å²) in [6.45, 7) is 2.33. The zero-order valence-corrected chi connectivity index (χ0v) is 8.45. The fourth-order valence-electron chi connectivity index (χ4n) is 0.860. The predicted octanol–water partition coefficient (Wildman–Crippen LogP) is 1.55. The van der Waals surface area contributed by atoms with Gasteiger partial charge in [-0.2, -0.15) is 13.2 Å². The first-order chi connectivity index (χ1) is 5.81. The van der Waals surface area contributed by atoms with E-state index in [0.717, 1.165) is 0 Å². The fraction of sp³-hybridized carbons (Fsp3) is 1.00. The number of nitrogens with zero attached hydrogens (tertiary/aromatic N) is 1. The van der Waals surface area contributed by atoms with E-state index in [4.69, 9.17) is 5.11 Å². The highest BCUT2D eigenvalue weighted by molar-refractivity contribution is 8.00. The molecule has 1 atom stereocenters. The summed E-state index contributed by atoms with van der Waals surface area (Å²) in [6.07, 6.45) is -0.499. The van der Waals surface area contributed by atoms with Gasteiger partial charge in [-0.15, -0.1) is 0 Å². The van der Waals surface area contributed by atoms with E-state index in [1.165, 1.54) is 0 Å². The zero-order chi connectivity index (χ0) is 10.5. The number of hydrogen-bond donors (Lipinski definition) is 1. The van der Waals surface area contributed by atoms with Crippen LogP contribution in [0.3, 0.4) is 0 Å². The molecule has 0 aromatic carbocycles. The van der Waals surface area contributed by atoms with E-state index in [0.29, 0.717) is 13.1 Å². The Balaban J connectivity index is 3.42. The number of rotatable bonds is 5. The number of thioether (sulfide) groups is 1. The van der Waals surface area contributed by atoms with Crippen LogP contribution in [-0.4, -0.2) is 47.5 Å². The highest BCUT2D eigenvalue weighted by Crippen LogP contribution is 2.29. The van der Waals surface area contributed by atoms with Crippen LogP contribution >= 0.6 is 11.8 Å². The number of aliphatic hydroxyl groups is 1. The molecule has 6 heteroatoms. The topological polar surface area (TPSA) is 23.5 Å². The van der Waals surface area contributed by atoms with Crippen LogP contribution in [0.5, 0.6) is 0 Å². The number of halogens is 3. The summed E-state index contributed by atoms with van der Waals surface area (Å²) >= 11 is -0.0343. The highest BCUT2D eigenvalue weighted by Gasteiger charge is 2.27. The third-order valence-corrected chi connectivity index (χ3v) is 2.03. The minimum Gasteiger partial charge on any atom is -0.392 e. The van der Waals surface area contributed by atoms with Crippen LogP contribution in [0.25, 0.3) is 0 Å². The molecule has 0 spiro atoms. The van der Waals surface area contributed by atoms with Gasteiger partial charge in [-0.3, -0.25) is 0 Å². The average Bonchev–Trinajstić information content (AvgIpc) is 1.81. The Bertz CT molecular complexity index is 140. The predicted molar refractivity (Wildman–Crippen MR) is 47.7 cm³/mol. The molecule has 0 fully saturated rings. The Hall–Kier alpha value is 0.0600. The SMILES string of the molecule is CC(O)CN(C)CCSC(F)(F)F. The van der Waals surface area contributed by atoms with Gasteiger partial charge in [0.1, 0.15) is 0 Å². The van der Waals surface area contributed by atoms with Crippen LogP contribution in [0.2, 0.25) is 0 Å². The standard InChI is InChI=1S/C7H14F3NOS/c1-6(12)5-11(2)3-4-13-7(8,9)10/h6,12H,3-5H2,1-2H3. The van der Waals surface area contributed by atoms with Crippen molar-refractivity contribution in [2.75, 3.05) is 25.9 Å². The van der Waals surface area contributed by atoms with Crippen LogP contribution in [0.4, 0.5) is 13.2 Å². The molecule has 1 unspecified atom stereocenters. The van der Waals surface area contributed by atoms with E-state index in [2.05, 4.69) is 0 Å². The number of alkyl halides is 3. The summed E-state index contributed by atoms with van der Waals surface area (Å²) in [4.78, 5) is 1.67. The second kappa shape index (κ2) is 5.72. The molecule has 0 aromatic rings. The van der Waals surface area contributed by atoms with Gasteiger partial charge in [-0.05, 0) is 25.7 Å². The second-order valence-electron chi connectivity index (χ2n) is 2.91. The Kier molecular flexibility index (Phi) is 5.75. The summed E-state index contributed by atoms with van der Waals surface area (Å²) in [7, 11) is 1.68. The van der Waals surface area contributed by atoms with Gasteiger partial charge in [0.15, 0.2) is 0 Å². The Morgan fingerprint density at radius 1 is 1.46 bits per heavy atom. The monoisotopic (exact) mass is 217 g/mol. The minimum atomic E-state index is -4.15. The van der Waals surface area contributed by atoms with Crippen LogP contribution in [0.15, 0.2) is 0 Å². The lowest BCUT2D eigenvalue weighted by atomic mass is 10.4. The lowest BCUT2D eigenvalue weighted by Gasteiger charge is -2.18. The first-order valence-electron chi connectivity index (χ1n) is 3.88. The quantitative estimate of drug-likeness (QED) is 0.756. The van der Waals surface area contributed by atoms with Crippen molar-refractivity contribution in [3.8, 4) is 0 Å². The van der Waals surface area contributed by atoms with Gasteiger partial charge in [0, 0.05) is 18.8 Å². The van der Waals surface area contributed by atoms with E-state index in [1.807, 2.05) is 0 Å². The van der Waals surface area contributed by atoms with Gasteiger partial charge >= 0.3 is 5.51 Å². The molecule has 0 aliphatic rings. The molecular formula is C7H14F3NOS. The van der Waals surface area contributed by atoms with Gasteiger partial charge in [0.05, 0.1) is 6.10 Å². The molecule has 0 aliphatic carbocycles. The highest BCUT2D eigenvalue weighted by atomic mass is 32.2. The van der Waals surface area contributed by atoms with Crippen LogP contribution < -0.4 is 0 Å². The molecule has 0 heterocycles. The van der Waals surface area contributed by atoms with E-state index < -0.39 is 11.6 Å². The van der Waals surface area contributed by atoms with Gasteiger partial charge in [0.25, 0.3) is 0 Å². The van der Waals surface area contributed by atoms with Gasteiger partial charge in [-0.25, -0.2) is 0 Å². The summed E-state index contributed by atoms with van der Waals surface area (Å²) < 4.78 is 35.0. The first-order valence-corrected chi connectivity index (χ1v) is 4.87. The fourth-order valence-corrected chi connectivity index (χ4v) is 1.49. The molecule has 0 radical (unpaired) electrons. The van der Waals surface area contributed by atoms with Crippen LogP contribution in [0.1, 0.15) is 6.92 Å². The van der Waals surface area contributed by atoms with Gasteiger partial charge in [-0.1, -0.05) is 0 Å². The Morgan fingerprint density at radius 2 is 2.00 bits per heavy atom. The molecule has 0 aromatic heterocycles. The second-order valence-corrected chi connectivity index (χ2v) is 4.07. The molecule has 0 rings (SSSR count). The molecule has 13 heavy (non-hydrogen) atoms. The van der Waals surface area contributed by atoms with Crippen molar-refractivity contribution in [3.63, 3.8) is 0 Å². The van der Waals surface area contributed by atoms with Crippen LogP contribution in [0, 0.1) is 0 Å². The molecule has 1 N–H and O–H groups in total. The number of hydrogen-bond acceptors (Lipinski definition) is 3. The van der Waals surface area contributed by atoms with Crippen molar-refractivity contribution in [2.24, 2.45) is 0 Å². The minimum absolute atomic E-state index is 0.00667. The molecule has 0 amide bonds. The van der Waals surface area contributed by atoms with Gasteiger partial charge in [0.2, 0.25) is 0 Å². The van der Waals surface area contributed by atoms with Crippen molar-refractivity contribution in [1.82, 2.24) is 4.90 Å². The van der Waals surface area contributed by atoms with Crippen molar-refractivity contribution in [2.45, 2.75) is 18.5 Å². The van der Waals surface area contributed by atoms with E-state index in [9.17, 15) is 13.2 Å². The molecule has 0 saturated carbocycles. The Labute approximate surface area is 80.1 Å². The number of aliphatic hydroxyl groups excluding tert-OH is 1. The van der Waals surface area contributed by atoms with Crippen molar-refractivity contribution < 1.29 is 18.3 Å². The van der Waals surface area contributed by atoms with Crippen molar-refractivity contribution in [1.29, 1.82) is 0 Å². The molecule has 80 valence electrons. The van der Waals surface area contributed by atoms with Crippen molar-refractivity contribution >= 4 is 11.8 Å². The number of likely N-dealkylation sites (N-methyl/N-ethyl adjacent to an activating group) is 1. The third kappa shape index (κ3) is 9.98. The lowest BCUT2D eigenvalue weighted by molar-refractivity contribution is -0.0328. The van der Waals surface area contributed by atoms with E-state index in [1.54, 1.807) is 18.9 Å². The normalized spacial score (nSPS) is 15.0. The molecule has 0 saturated heterocycles. The van der Waals surface area contributed by atoms with E-state index >= 15 is 0 Å². The summed E-state index contributed by atoms with van der Waals surface area (Å²) in [6, 6.07) is 0. The maximum Gasteiger partial charge on any atom is 0.441 e. The van der Waals surface area contributed by atoms with Crippen LogP contribution in [-0.2, 0) is 0 Å². The first kappa shape index (κ1) is 13.1. The largest absolute Gasteiger partial charge is 0.441 e. The molecule has 0 bridgehead atoms.